The van der Waals surface area contributed by atoms with Crippen molar-refractivity contribution in [2.24, 2.45) is 0 Å². The number of rotatable bonds is 13. The molecule has 0 fully saturated rings. The molecule has 0 saturated carbocycles. The topological polar surface area (TPSA) is 78.5 Å². The molecule has 3 aromatic carbocycles. The number of carbonyl (C=O) groups excluding carboxylic acids is 1. The first kappa shape index (κ1) is 28.6. The van der Waals surface area contributed by atoms with Crippen LogP contribution in [0.4, 0.5) is 10.1 Å². The smallest absolute Gasteiger partial charge is 0.266 e. The fourth-order valence-electron chi connectivity index (χ4n) is 3.87. The van der Waals surface area contributed by atoms with Gasteiger partial charge in [-0.05, 0) is 67.9 Å². The summed E-state index contributed by atoms with van der Waals surface area (Å²) in [7, 11) is 6.25. The highest BCUT2D eigenvalue weighted by molar-refractivity contribution is 5.95. The van der Waals surface area contributed by atoms with Crippen molar-refractivity contribution >= 4 is 11.6 Å². The number of halogens is 1. The lowest BCUT2D eigenvalue weighted by Gasteiger charge is -2.30. The lowest BCUT2D eigenvalue weighted by atomic mass is 10.1. The van der Waals surface area contributed by atoms with Gasteiger partial charge in [-0.3, -0.25) is 9.69 Å². The molecule has 1 amide bonds. The molecular formula is C29H35FN2O6. The van der Waals surface area contributed by atoms with Gasteiger partial charge in [-0.2, -0.15) is 0 Å². The number of hydrogen-bond donors (Lipinski definition) is 1. The molecule has 0 bridgehead atoms. The SMILES string of the molecule is COc1ccc(CN(C[C@@H](Oc2ccc(F)cc2)C(=O)Nc2ccc(OC)c(OC)c2)C(C)C)cc1OC. The van der Waals surface area contributed by atoms with Crippen LogP contribution in [-0.4, -0.2) is 57.9 Å². The zero-order chi connectivity index (χ0) is 27.7. The summed E-state index contributed by atoms with van der Waals surface area (Å²) in [6.07, 6.45) is -0.906. The molecular weight excluding hydrogens is 491 g/mol. The molecule has 0 heterocycles. The van der Waals surface area contributed by atoms with E-state index in [4.69, 9.17) is 23.7 Å². The van der Waals surface area contributed by atoms with E-state index in [0.717, 1.165) is 5.56 Å². The molecule has 3 aromatic rings. The molecule has 1 N–H and O–H groups in total. The minimum atomic E-state index is -0.906. The summed E-state index contributed by atoms with van der Waals surface area (Å²) in [5, 5.41) is 2.90. The van der Waals surface area contributed by atoms with Crippen molar-refractivity contribution in [1.29, 1.82) is 0 Å². The quantitative estimate of drug-likeness (QED) is 0.330. The van der Waals surface area contributed by atoms with E-state index in [1.165, 1.54) is 31.4 Å². The van der Waals surface area contributed by atoms with Crippen molar-refractivity contribution < 1.29 is 32.9 Å². The third kappa shape index (κ3) is 7.52. The second kappa shape index (κ2) is 13.5. The lowest BCUT2D eigenvalue weighted by Crippen LogP contribution is -2.45. The van der Waals surface area contributed by atoms with Crippen LogP contribution < -0.4 is 29.0 Å². The Kier molecular flexibility index (Phi) is 10.2. The van der Waals surface area contributed by atoms with Crippen LogP contribution in [0.2, 0.25) is 0 Å². The van der Waals surface area contributed by atoms with Gasteiger partial charge in [-0.15, -0.1) is 0 Å². The van der Waals surface area contributed by atoms with Gasteiger partial charge >= 0.3 is 0 Å². The van der Waals surface area contributed by atoms with E-state index in [2.05, 4.69) is 10.2 Å². The molecule has 1 atom stereocenters. The van der Waals surface area contributed by atoms with E-state index in [1.807, 2.05) is 32.0 Å². The maximum absolute atomic E-state index is 13.5. The van der Waals surface area contributed by atoms with E-state index in [-0.39, 0.29) is 24.3 Å². The maximum Gasteiger partial charge on any atom is 0.266 e. The van der Waals surface area contributed by atoms with Crippen molar-refractivity contribution in [2.75, 3.05) is 40.3 Å². The van der Waals surface area contributed by atoms with Gasteiger partial charge in [0, 0.05) is 30.9 Å². The fourth-order valence-corrected chi connectivity index (χ4v) is 3.87. The molecule has 0 aliphatic rings. The van der Waals surface area contributed by atoms with Crippen LogP contribution >= 0.6 is 0 Å². The molecule has 0 aliphatic carbocycles. The monoisotopic (exact) mass is 526 g/mol. The van der Waals surface area contributed by atoms with Crippen molar-refractivity contribution in [3.8, 4) is 28.7 Å². The van der Waals surface area contributed by atoms with E-state index >= 15 is 0 Å². The zero-order valence-corrected chi connectivity index (χ0v) is 22.6. The summed E-state index contributed by atoms with van der Waals surface area (Å²) < 4.78 is 41.0. The molecule has 0 aliphatic heterocycles. The van der Waals surface area contributed by atoms with Gasteiger partial charge < -0.3 is 29.0 Å². The first-order valence-corrected chi connectivity index (χ1v) is 12.2. The zero-order valence-electron chi connectivity index (χ0n) is 22.6. The first-order valence-electron chi connectivity index (χ1n) is 12.2. The Labute approximate surface area is 223 Å². The number of ether oxygens (including phenoxy) is 5. The first-order chi connectivity index (χ1) is 18.3. The van der Waals surface area contributed by atoms with Gasteiger partial charge in [0.05, 0.1) is 28.4 Å². The number of methoxy groups -OCH3 is 4. The Morgan fingerprint density at radius 2 is 1.39 bits per heavy atom. The fraction of sp³-hybridized carbons (Fsp3) is 0.345. The number of benzene rings is 3. The van der Waals surface area contributed by atoms with E-state index in [9.17, 15) is 9.18 Å². The highest BCUT2D eigenvalue weighted by atomic mass is 19.1. The van der Waals surface area contributed by atoms with Crippen LogP contribution in [0.15, 0.2) is 60.7 Å². The van der Waals surface area contributed by atoms with Crippen molar-refractivity contribution in [3.05, 3.63) is 72.0 Å². The van der Waals surface area contributed by atoms with Crippen LogP contribution in [0.3, 0.4) is 0 Å². The summed E-state index contributed by atoms with van der Waals surface area (Å²) in [6.45, 7) is 4.89. The van der Waals surface area contributed by atoms with Crippen LogP contribution in [0, 0.1) is 5.82 Å². The van der Waals surface area contributed by atoms with Gasteiger partial charge in [0.1, 0.15) is 11.6 Å². The Hall–Kier alpha value is -3.98. The number of nitrogens with zero attached hydrogens (tertiary/aromatic N) is 1. The number of anilines is 1. The van der Waals surface area contributed by atoms with Crippen LogP contribution in [-0.2, 0) is 11.3 Å². The molecule has 0 saturated heterocycles. The molecule has 204 valence electrons. The standard InChI is InChI=1S/C29H35FN2O6/c1-19(2)32(17-20-7-13-24(34-3)26(15-20)36-5)18-28(38-23-11-8-21(30)9-12-23)29(33)31-22-10-14-25(35-4)27(16-22)37-6/h7-16,19,28H,17-18H2,1-6H3,(H,31,33)/t28-/m1/s1. The normalized spacial score (nSPS) is 11.7. The Balaban J connectivity index is 1.86. The van der Waals surface area contributed by atoms with Gasteiger partial charge in [0.25, 0.3) is 5.91 Å². The highest BCUT2D eigenvalue weighted by Gasteiger charge is 2.26. The molecule has 38 heavy (non-hydrogen) atoms. The highest BCUT2D eigenvalue weighted by Crippen LogP contribution is 2.30. The van der Waals surface area contributed by atoms with Crippen LogP contribution in [0.5, 0.6) is 28.7 Å². The van der Waals surface area contributed by atoms with Gasteiger partial charge in [-0.25, -0.2) is 4.39 Å². The summed E-state index contributed by atoms with van der Waals surface area (Å²) in [5.74, 6) is 1.93. The van der Waals surface area contributed by atoms with E-state index < -0.39 is 6.10 Å². The van der Waals surface area contributed by atoms with Gasteiger partial charge in [-0.1, -0.05) is 6.07 Å². The Morgan fingerprint density at radius 3 is 1.97 bits per heavy atom. The molecule has 0 spiro atoms. The Morgan fingerprint density at radius 1 is 0.816 bits per heavy atom. The van der Waals surface area contributed by atoms with Crippen molar-refractivity contribution in [3.63, 3.8) is 0 Å². The summed E-state index contributed by atoms with van der Waals surface area (Å²) in [4.78, 5) is 15.6. The van der Waals surface area contributed by atoms with Crippen molar-refractivity contribution in [1.82, 2.24) is 4.90 Å². The minimum Gasteiger partial charge on any atom is -0.493 e. The summed E-state index contributed by atoms with van der Waals surface area (Å²) in [6, 6.07) is 16.5. The Bertz CT molecular complexity index is 1200. The van der Waals surface area contributed by atoms with Gasteiger partial charge in [0.15, 0.2) is 29.1 Å². The third-order valence-corrected chi connectivity index (χ3v) is 6.00. The molecule has 9 heteroatoms. The average Bonchev–Trinajstić information content (AvgIpc) is 2.92. The second-order valence-corrected chi connectivity index (χ2v) is 8.83. The molecule has 0 aromatic heterocycles. The number of hydrogen-bond acceptors (Lipinski definition) is 7. The van der Waals surface area contributed by atoms with Crippen molar-refractivity contribution in [2.45, 2.75) is 32.5 Å². The molecule has 3 rings (SSSR count). The third-order valence-electron chi connectivity index (χ3n) is 6.00. The predicted molar refractivity (Wildman–Crippen MR) is 144 cm³/mol. The lowest BCUT2D eigenvalue weighted by molar-refractivity contribution is -0.123. The second-order valence-electron chi connectivity index (χ2n) is 8.83. The molecule has 0 unspecified atom stereocenters. The minimum absolute atomic E-state index is 0.0799. The number of nitrogens with one attached hydrogen (secondary N) is 1. The number of amides is 1. The predicted octanol–water partition coefficient (Wildman–Crippen LogP) is 5.16. The van der Waals surface area contributed by atoms with E-state index in [0.29, 0.717) is 41.0 Å². The largest absolute Gasteiger partial charge is 0.493 e. The number of carbonyl (C=O) groups is 1. The summed E-state index contributed by atoms with van der Waals surface area (Å²) in [5.41, 5.74) is 1.51. The summed E-state index contributed by atoms with van der Waals surface area (Å²) >= 11 is 0. The van der Waals surface area contributed by atoms with Gasteiger partial charge in [0.2, 0.25) is 0 Å². The van der Waals surface area contributed by atoms with Crippen LogP contribution in [0.25, 0.3) is 0 Å². The van der Waals surface area contributed by atoms with E-state index in [1.54, 1.807) is 39.5 Å². The van der Waals surface area contributed by atoms with Crippen LogP contribution in [0.1, 0.15) is 19.4 Å². The molecule has 8 nitrogen and oxygen atoms in total. The molecule has 0 radical (unpaired) electrons. The average molecular weight is 527 g/mol. The maximum atomic E-state index is 13.5.